The smallest absolute Gasteiger partial charge is 0.329 e. The fourth-order valence-electron chi connectivity index (χ4n) is 2.40. The van der Waals surface area contributed by atoms with Crippen molar-refractivity contribution in [3.05, 3.63) is 0 Å². The lowest BCUT2D eigenvalue weighted by atomic mass is 9.73. The summed E-state index contributed by atoms with van der Waals surface area (Å²) < 4.78 is 5.36. The molecule has 4 atom stereocenters. The van der Waals surface area contributed by atoms with Crippen LogP contribution in [0.1, 0.15) is 53.9 Å². The Bertz CT molecular complexity index is 440. The Morgan fingerprint density at radius 2 is 1.77 bits per heavy atom. The van der Waals surface area contributed by atoms with Crippen LogP contribution in [0.3, 0.4) is 0 Å². The van der Waals surface area contributed by atoms with Crippen LogP contribution in [0, 0.1) is 17.8 Å². The number of ether oxygens (including phenoxy) is 1. The molecule has 1 fully saturated rings. The second kappa shape index (κ2) is 7.11. The number of carboxylic acid groups (broad SMARTS) is 1. The summed E-state index contributed by atoms with van der Waals surface area (Å²) in [7, 11) is 0. The van der Waals surface area contributed by atoms with E-state index >= 15 is 0 Å². The minimum atomic E-state index is -0.955. The van der Waals surface area contributed by atoms with Crippen molar-refractivity contribution in [1.29, 1.82) is 0 Å². The Morgan fingerprint density at radius 3 is 2.14 bits per heavy atom. The lowest BCUT2D eigenvalue weighted by Gasteiger charge is -2.34. The van der Waals surface area contributed by atoms with Crippen LogP contribution in [0.4, 0.5) is 0 Å². The van der Waals surface area contributed by atoms with E-state index in [4.69, 9.17) is 9.84 Å². The lowest BCUT2D eigenvalue weighted by molar-refractivity contribution is -0.161. The molecule has 0 spiro atoms. The van der Waals surface area contributed by atoms with E-state index in [1.165, 1.54) is 0 Å². The van der Waals surface area contributed by atoms with E-state index in [9.17, 15) is 14.4 Å². The molecule has 0 saturated heterocycles. The van der Waals surface area contributed by atoms with E-state index in [1.54, 1.807) is 20.8 Å². The normalized spacial score (nSPS) is 23.9. The fraction of sp³-hybridized carbons (Fsp3) is 0.812. The summed E-state index contributed by atoms with van der Waals surface area (Å²) in [6.45, 7) is 9.11. The maximum Gasteiger partial charge on any atom is 0.329 e. The number of amides is 1. The van der Waals surface area contributed by atoms with Gasteiger partial charge in [-0.2, -0.15) is 0 Å². The van der Waals surface area contributed by atoms with Crippen molar-refractivity contribution in [1.82, 2.24) is 5.32 Å². The molecule has 0 bridgehead atoms. The molecule has 126 valence electrons. The van der Waals surface area contributed by atoms with Crippen molar-refractivity contribution < 1.29 is 24.2 Å². The molecule has 6 heteroatoms. The second-order valence-corrected chi connectivity index (χ2v) is 7.03. The van der Waals surface area contributed by atoms with Crippen LogP contribution in [0.25, 0.3) is 0 Å². The summed E-state index contributed by atoms with van der Waals surface area (Å²) in [5, 5.41) is 11.7. The molecule has 6 nitrogen and oxygen atoms in total. The molecule has 0 aromatic carbocycles. The number of aliphatic carboxylic acids is 1. The number of nitrogens with one attached hydrogen (secondary N) is 1. The van der Waals surface area contributed by atoms with Crippen LogP contribution in [0.15, 0.2) is 0 Å². The number of rotatable bonds is 6. The van der Waals surface area contributed by atoms with Gasteiger partial charge in [0, 0.05) is 0 Å². The Hall–Kier alpha value is -1.59. The Kier molecular flexibility index (Phi) is 5.97. The number of carboxylic acids is 1. The monoisotopic (exact) mass is 313 g/mol. The average Bonchev–Trinajstić information content (AvgIpc) is 2.30. The van der Waals surface area contributed by atoms with Gasteiger partial charge in [-0.3, -0.25) is 9.59 Å². The highest BCUT2D eigenvalue weighted by atomic mass is 16.6. The summed E-state index contributed by atoms with van der Waals surface area (Å²) in [6.07, 6.45) is 1.76. The predicted octanol–water partition coefficient (Wildman–Crippen LogP) is 1.97. The van der Waals surface area contributed by atoms with Gasteiger partial charge in [0.1, 0.15) is 11.6 Å². The lowest BCUT2D eigenvalue weighted by Crippen LogP contribution is -2.52. The molecule has 0 aromatic heterocycles. The zero-order valence-corrected chi connectivity index (χ0v) is 14.0. The summed E-state index contributed by atoms with van der Waals surface area (Å²) in [5.74, 6) is -3.06. The van der Waals surface area contributed by atoms with E-state index in [0.717, 1.165) is 0 Å². The van der Waals surface area contributed by atoms with Crippen molar-refractivity contribution in [3.8, 4) is 0 Å². The minimum Gasteiger partial charge on any atom is -0.481 e. The third kappa shape index (κ3) is 4.71. The third-order valence-electron chi connectivity index (χ3n) is 4.10. The van der Waals surface area contributed by atoms with Gasteiger partial charge in [0.05, 0.1) is 11.8 Å². The van der Waals surface area contributed by atoms with Gasteiger partial charge < -0.3 is 15.2 Å². The Labute approximate surface area is 131 Å². The Balaban J connectivity index is 2.75. The van der Waals surface area contributed by atoms with E-state index in [1.807, 2.05) is 13.8 Å². The van der Waals surface area contributed by atoms with E-state index in [0.29, 0.717) is 19.3 Å². The Morgan fingerprint density at radius 1 is 1.23 bits per heavy atom. The zero-order valence-electron chi connectivity index (χ0n) is 14.0. The quantitative estimate of drug-likeness (QED) is 0.731. The highest BCUT2D eigenvalue weighted by Crippen LogP contribution is 2.34. The van der Waals surface area contributed by atoms with E-state index < -0.39 is 35.4 Å². The van der Waals surface area contributed by atoms with Crippen LogP contribution < -0.4 is 5.32 Å². The third-order valence-corrected chi connectivity index (χ3v) is 4.10. The summed E-state index contributed by atoms with van der Waals surface area (Å²) >= 11 is 0. The first-order chi connectivity index (χ1) is 10.1. The highest BCUT2D eigenvalue weighted by Gasteiger charge is 2.43. The van der Waals surface area contributed by atoms with Crippen LogP contribution in [0.5, 0.6) is 0 Å². The molecule has 1 saturated carbocycles. The van der Waals surface area contributed by atoms with Gasteiger partial charge in [-0.25, -0.2) is 4.79 Å². The van der Waals surface area contributed by atoms with Crippen LogP contribution in [-0.4, -0.2) is 34.6 Å². The first kappa shape index (κ1) is 18.5. The van der Waals surface area contributed by atoms with Crippen molar-refractivity contribution in [2.75, 3.05) is 0 Å². The number of carbonyl (C=O) groups is 3. The molecule has 1 aliphatic rings. The maximum atomic E-state index is 12.3. The van der Waals surface area contributed by atoms with Crippen LogP contribution >= 0.6 is 0 Å². The average molecular weight is 313 g/mol. The molecule has 0 aromatic rings. The van der Waals surface area contributed by atoms with Crippen LogP contribution in [0.2, 0.25) is 0 Å². The van der Waals surface area contributed by atoms with Crippen molar-refractivity contribution in [2.45, 2.75) is 65.5 Å². The molecule has 0 heterocycles. The van der Waals surface area contributed by atoms with Gasteiger partial charge in [-0.05, 0) is 39.5 Å². The molecule has 1 amide bonds. The number of hydrogen-bond donors (Lipinski definition) is 2. The summed E-state index contributed by atoms with van der Waals surface area (Å²) in [6, 6.07) is -0.744. The first-order valence-corrected chi connectivity index (χ1v) is 7.82. The maximum absolute atomic E-state index is 12.3. The predicted molar refractivity (Wildman–Crippen MR) is 81.1 cm³/mol. The van der Waals surface area contributed by atoms with Gasteiger partial charge in [-0.15, -0.1) is 0 Å². The molecule has 2 unspecified atom stereocenters. The molecule has 0 radical (unpaired) electrons. The standard InChI is InChI=1S/C16H27NO5/c1-6-9(2)12(15(21)22-16(3,4)5)17-13(18)10-7-8-11(10)14(19)20/h9-12H,6-8H2,1-5H3,(H,17,18)(H,19,20)/t9-,10?,11?,12-/m0/s1. The van der Waals surface area contributed by atoms with Gasteiger partial charge in [0.2, 0.25) is 5.91 Å². The second-order valence-electron chi connectivity index (χ2n) is 7.03. The highest BCUT2D eigenvalue weighted by molar-refractivity contribution is 5.90. The van der Waals surface area contributed by atoms with Gasteiger partial charge >= 0.3 is 11.9 Å². The van der Waals surface area contributed by atoms with Gasteiger partial charge in [0.25, 0.3) is 0 Å². The van der Waals surface area contributed by atoms with E-state index in [2.05, 4.69) is 5.32 Å². The van der Waals surface area contributed by atoms with E-state index in [-0.39, 0.29) is 11.8 Å². The van der Waals surface area contributed by atoms with Gasteiger partial charge in [-0.1, -0.05) is 20.3 Å². The molecule has 0 aliphatic heterocycles. The summed E-state index contributed by atoms with van der Waals surface area (Å²) in [4.78, 5) is 35.6. The van der Waals surface area contributed by atoms with Crippen LogP contribution in [-0.2, 0) is 19.1 Å². The zero-order chi connectivity index (χ0) is 17.1. The largest absolute Gasteiger partial charge is 0.481 e. The van der Waals surface area contributed by atoms with Gasteiger partial charge in [0.15, 0.2) is 0 Å². The van der Waals surface area contributed by atoms with Crippen molar-refractivity contribution >= 4 is 17.8 Å². The molecule has 1 aliphatic carbocycles. The topological polar surface area (TPSA) is 92.7 Å². The SMILES string of the molecule is CC[C@H](C)[C@H](NC(=O)C1CCC1C(=O)O)C(=O)OC(C)(C)C. The van der Waals surface area contributed by atoms with Crippen molar-refractivity contribution in [3.63, 3.8) is 0 Å². The minimum absolute atomic E-state index is 0.0813. The number of carbonyl (C=O) groups excluding carboxylic acids is 2. The first-order valence-electron chi connectivity index (χ1n) is 7.82. The summed E-state index contributed by atoms with van der Waals surface area (Å²) in [5.41, 5.74) is -0.631. The number of esters is 1. The molecular formula is C16H27NO5. The molecular weight excluding hydrogens is 286 g/mol. The van der Waals surface area contributed by atoms with Crippen molar-refractivity contribution in [2.24, 2.45) is 17.8 Å². The molecule has 2 N–H and O–H groups in total. The molecule has 22 heavy (non-hydrogen) atoms. The molecule has 1 rings (SSSR count). The number of hydrogen-bond acceptors (Lipinski definition) is 4. The fourth-order valence-corrected chi connectivity index (χ4v) is 2.40.